The molecule has 29 heavy (non-hydrogen) atoms. The third-order valence-corrected chi connectivity index (χ3v) is 6.47. The molecule has 1 aliphatic rings. The predicted octanol–water partition coefficient (Wildman–Crippen LogP) is 3.44. The Morgan fingerprint density at radius 3 is 2.66 bits per heavy atom. The van der Waals surface area contributed by atoms with Crippen molar-refractivity contribution in [1.82, 2.24) is 5.32 Å². The Bertz CT molecular complexity index is 845. The molecule has 1 aliphatic heterocycles. The zero-order chi connectivity index (χ0) is 21.6. The van der Waals surface area contributed by atoms with Crippen molar-refractivity contribution in [1.29, 1.82) is 0 Å². The van der Waals surface area contributed by atoms with Crippen molar-refractivity contribution >= 4 is 34.1 Å². The van der Waals surface area contributed by atoms with Crippen LogP contribution in [0.1, 0.15) is 59.3 Å². The monoisotopic (exact) mass is 420 g/mol. The molecule has 1 aromatic heterocycles. The minimum Gasteiger partial charge on any atom is -0.426 e. The highest BCUT2D eigenvalue weighted by molar-refractivity contribution is 8.16. The van der Waals surface area contributed by atoms with E-state index < -0.39 is 11.2 Å². The summed E-state index contributed by atoms with van der Waals surface area (Å²) in [5, 5.41) is 3.87. The summed E-state index contributed by atoms with van der Waals surface area (Å²) < 4.78 is 5.49. The smallest absolute Gasteiger partial charge is 0.338 e. The van der Waals surface area contributed by atoms with Gasteiger partial charge in [0.1, 0.15) is 16.3 Å². The van der Waals surface area contributed by atoms with E-state index in [1.54, 1.807) is 7.05 Å². The maximum Gasteiger partial charge on any atom is 0.338 e. The topological polar surface area (TPSA) is 87.3 Å². The number of hydrogen-bond donors (Lipinski definition) is 1. The summed E-state index contributed by atoms with van der Waals surface area (Å²) in [6.07, 6.45) is 1.51. The molecule has 0 radical (unpaired) electrons. The van der Waals surface area contributed by atoms with Gasteiger partial charge < -0.3 is 14.6 Å². The van der Waals surface area contributed by atoms with Crippen molar-refractivity contribution in [3.63, 3.8) is 0 Å². The highest BCUT2D eigenvalue weighted by Gasteiger charge is 2.39. The lowest BCUT2D eigenvalue weighted by Crippen LogP contribution is -2.45. The molecule has 0 aliphatic carbocycles. The second-order valence-corrected chi connectivity index (χ2v) is 8.28. The number of nitrogens with one attached hydrogen (secondary N) is 1. The molecule has 0 saturated carbocycles. The van der Waals surface area contributed by atoms with Crippen molar-refractivity contribution in [2.45, 2.75) is 59.0 Å². The van der Waals surface area contributed by atoms with Crippen LogP contribution in [-0.4, -0.2) is 48.1 Å². The summed E-state index contributed by atoms with van der Waals surface area (Å²) in [6.45, 7) is 11.4. The van der Waals surface area contributed by atoms with Gasteiger partial charge in [-0.3, -0.25) is 14.8 Å². The van der Waals surface area contributed by atoms with E-state index in [0.29, 0.717) is 17.9 Å². The second kappa shape index (κ2) is 10.1. The van der Waals surface area contributed by atoms with Crippen LogP contribution in [0.4, 0.5) is 5.69 Å². The molecule has 0 unspecified atom stereocenters. The zero-order valence-electron chi connectivity index (χ0n) is 18.2. The third kappa shape index (κ3) is 5.50. The Kier molecular flexibility index (Phi) is 8.07. The summed E-state index contributed by atoms with van der Waals surface area (Å²) in [6, 6.07) is 2.99. The largest absolute Gasteiger partial charge is 0.426 e. The number of carbonyl (C=O) groups excluding carboxylic acids is 1. The molecule has 0 spiro atoms. The van der Waals surface area contributed by atoms with Gasteiger partial charge in [0.05, 0.1) is 11.8 Å². The maximum absolute atomic E-state index is 13.1. The minimum atomic E-state index is -0.866. The van der Waals surface area contributed by atoms with Crippen molar-refractivity contribution in [3.8, 4) is 0 Å². The number of thioether (sulfide) groups is 1. The maximum atomic E-state index is 13.1. The molecule has 0 fully saturated rings. The van der Waals surface area contributed by atoms with E-state index in [-0.39, 0.29) is 11.9 Å². The number of rotatable bonds is 9. The third-order valence-electron chi connectivity index (χ3n) is 5.10. The molecule has 0 saturated heterocycles. The minimum absolute atomic E-state index is 0.168. The van der Waals surface area contributed by atoms with Crippen molar-refractivity contribution in [2.24, 2.45) is 9.98 Å². The van der Waals surface area contributed by atoms with Crippen LogP contribution in [0.2, 0.25) is 0 Å². The molecule has 1 N–H and O–H groups in total. The number of anilines is 1. The van der Waals surface area contributed by atoms with Gasteiger partial charge in [0, 0.05) is 43.7 Å². The van der Waals surface area contributed by atoms with Crippen LogP contribution in [0.15, 0.2) is 31.3 Å². The normalized spacial score (nSPS) is 20.3. The van der Waals surface area contributed by atoms with E-state index in [2.05, 4.69) is 20.2 Å². The van der Waals surface area contributed by atoms with Gasteiger partial charge >= 0.3 is 5.63 Å². The predicted molar refractivity (Wildman–Crippen MR) is 122 cm³/mol. The van der Waals surface area contributed by atoms with Crippen LogP contribution in [0.3, 0.4) is 0 Å². The van der Waals surface area contributed by atoms with Crippen molar-refractivity contribution < 1.29 is 9.21 Å². The summed E-state index contributed by atoms with van der Waals surface area (Å²) in [7, 11) is 1.72. The molecular weight excluding hydrogens is 388 g/mol. The van der Waals surface area contributed by atoms with Gasteiger partial charge in [-0.2, -0.15) is 0 Å². The lowest BCUT2D eigenvalue weighted by molar-refractivity contribution is -0.125. The highest BCUT2D eigenvalue weighted by Crippen LogP contribution is 2.30. The second-order valence-electron chi connectivity index (χ2n) is 7.31. The van der Waals surface area contributed by atoms with Gasteiger partial charge in [0.25, 0.3) is 0 Å². The molecule has 1 aromatic rings. The van der Waals surface area contributed by atoms with Crippen LogP contribution >= 0.6 is 11.8 Å². The first kappa shape index (κ1) is 23.2. The van der Waals surface area contributed by atoms with E-state index in [0.717, 1.165) is 36.0 Å². The fraction of sp³-hybridized carbons (Fsp3) is 0.619. The van der Waals surface area contributed by atoms with E-state index in [1.807, 2.05) is 40.7 Å². The van der Waals surface area contributed by atoms with Crippen molar-refractivity contribution in [3.05, 3.63) is 28.3 Å². The zero-order valence-corrected chi connectivity index (χ0v) is 19.1. The number of carbonyl (C=O) groups is 1. The summed E-state index contributed by atoms with van der Waals surface area (Å²) in [5.74, 6) is 0.876. The van der Waals surface area contributed by atoms with Crippen LogP contribution in [-0.2, 0) is 4.79 Å². The first-order chi connectivity index (χ1) is 13.8. The Labute approximate surface area is 177 Å². The lowest BCUT2D eigenvalue weighted by atomic mass is 10.0. The SMILES string of the molecule is CCC[C@@H](NC(=O)[C@]1(C)CSC(C(C)=NC)=N1)c1cc(N(CC)CC)cc(=O)o1. The molecule has 0 bridgehead atoms. The molecule has 7 nitrogen and oxygen atoms in total. The molecule has 2 rings (SSSR count). The van der Waals surface area contributed by atoms with Gasteiger partial charge in [-0.1, -0.05) is 13.3 Å². The van der Waals surface area contributed by atoms with Crippen molar-refractivity contribution in [2.75, 3.05) is 30.8 Å². The van der Waals surface area contributed by atoms with Gasteiger partial charge in [0.15, 0.2) is 0 Å². The quantitative estimate of drug-likeness (QED) is 0.619. The molecule has 8 heteroatoms. The number of aliphatic imine (C=N–C) groups is 2. The highest BCUT2D eigenvalue weighted by atomic mass is 32.2. The molecular formula is C21H32N4O3S. The summed E-state index contributed by atoms with van der Waals surface area (Å²) in [5.41, 5.74) is 0.371. The first-order valence-corrected chi connectivity index (χ1v) is 11.1. The van der Waals surface area contributed by atoms with E-state index in [1.165, 1.54) is 17.8 Å². The standard InChI is InChI=1S/C21H32N4O3S/c1-7-10-16(17-11-15(12-18(26)28-17)25(8-2)9-3)23-20(27)21(5)13-29-19(24-21)14(4)22-6/h11-12,16H,7-10,13H2,1-6H3,(H,23,27)/t16-,21+/m1/s1. The van der Waals surface area contributed by atoms with Gasteiger partial charge in [-0.25, -0.2) is 4.79 Å². The van der Waals surface area contributed by atoms with Gasteiger partial charge in [0.2, 0.25) is 5.91 Å². The summed E-state index contributed by atoms with van der Waals surface area (Å²) >= 11 is 1.54. The first-order valence-electron chi connectivity index (χ1n) is 10.1. The molecule has 2 atom stereocenters. The summed E-state index contributed by atoms with van der Waals surface area (Å²) in [4.78, 5) is 36.1. The van der Waals surface area contributed by atoms with E-state index in [4.69, 9.17) is 4.42 Å². The molecule has 160 valence electrons. The van der Waals surface area contributed by atoms with Gasteiger partial charge in [-0.15, -0.1) is 11.8 Å². The molecule has 1 amide bonds. The van der Waals surface area contributed by atoms with Crippen LogP contribution in [0, 0.1) is 0 Å². The Balaban J connectivity index is 2.30. The van der Waals surface area contributed by atoms with Crippen LogP contribution in [0.25, 0.3) is 0 Å². The Morgan fingerprint density at radius 1 is 1.38 bits per heavy atom. The fourth-order valence-electron chi connectivity index (χ4n) is 3.21. The lowest BCUT2D eigenvalue weighted by Gasteiger charge is -2.25. The van der Waals surface area contributed by atoms with Crippen LogP contribution in [0.5, 0.6) is 0 Å². The molecule has 0 aromatic carbocycles. The average molecular weight is 421 g/mol. The van der Waals surface area contributed by atoms with Gasteiger partial charge in [-0.05, 0) is 34.1 Å². The van der Waals surface area contributed by atoms with E-state index in [9.17, 15) is 9.59 Å². The van der Waals surface area contributed by atoms with Crippen LogP contribution < -0.4 is 15.8 Å². The number of hydrogen-bond acceptors (Lipinski definition) is 7. The fourth-order valence-corrected chi connectivity index (χ4v) is 4.39. The Morgan fingerprint density at radius 2 is 2.07 bits per heavy atom. The molecule has 2 heterocycles. The average Bonchev–Trinajstić information content (AvgIpc) is 3.11. The number of nitrogens with zero attached hydrogens (tertiary/aromatic N) is 3. The number of amides is 1. The van der Waals surface area contributed by atoms with E-state index >= 15 is 0 Å². The Hall–Kier alpha value is -2.09.